The fourth-order valence-corrected chi connectivity index (χ4v) is 3.83. The Kier molecular flexibility index (Phi) is 4.94. The zero-order chi connectivity index (χ0) is 20.5. The van der Waals surface area contributed by atoms with Crippen LogP contribution in [0.4, 0.5) is 0 Å². The summed E-state index contributed by atoms with van der Waals surface area (Å²) >= 11 is 1.25. The molecule has 0 unspecified atom stereocenters. The van der Waals surface area contributed by atoms with Crippen molar-refractivity contribution in [1.82, 2.24) is 0 Å². The monoisotopic (exact) mass is 406 g/mol. The van der Waals surface area contributed by atoms with Gasteiger partial charge in [-0.05, 0) is 66.8 Å². The summed E-state index contributed by atoms with van der Waals surface area (Å²) in [7, 11) is 1.57. The van der Waals surface area contributed by atoms with Gasteiger partial charge in [0.2, 0.25) is 11.2 Å². The molecule has 0 saturated carbocycles. The zero-order valence-corrected chi connectivity index (χ0v) is 17.0. The lowest BCUT2D eigenvalue weighted by Gasteiger charge is -2.12. The molecule has 2 aromatic heterocycles. The van der Waals surface area contributed by atoms with E-state index in [2.05, 4.69) is 0 Å². The first-order valence-corrected chi connectivity index (χ1v) is 9.84. The third-order valence-electron chi connectivity index (χ3n) is 4.56. The van der Waals surface area contributed by atoms with E-state index in [1.807, 2.05) is 26.0 Å². The molecule has 5 nitrogen and oxygen atoms in total. The highest BCUT2D eigenvalue weighted by Gasteiger charge is 2.22. The lowest BCUT2D eigenvalue weighted by atomic mass is 10.0. The summed E-state index contributed by atoms with van der Waals surface area (Å²) < 4.78 is 16.9. The summed E-state index contributed by atoms with van der Waals surface area (Å²) in [6.07, 6.45) is 0. The molecule has 2 aromatic carbocycles. The van der Waals surface area contributed by atoms with Crippen molar-refractivity contribution >= 4 is 28.3 Å². The molecule has 0 amide bonds. The molecule has 0 bridgehead atoms. The number of ether oxygens (including phenoxy) is 2. The SMILES string of the molecule is COc1ccc(-c2oc3cc(C)cc(C)c3c(=O)c2OC(=O)c2cccs2)cc1. The molecule has 4 rings (SSSR count). The van der Waals surface area contributed by atoms with Crippen LogP contribution >= 0.6 is 11.3 Å². The van der Waals surface area contributed by atoms with Gasteiger partial charge in [0.25, 0.3) is 0 Å². The third kappa shape index (κ3) is 3.54. The van der Waals surface area contributed by atoms with Crippen molar-refractivity contribution in [2.24, 2.45) is 0 Å². The van der Waals surface area contributed by atoms with Crippen LogP contribution in [0, 0.1) is 13.8 Å². The quantitative estimate of drug-likeness (QED) is 0.427. The summed E-state index contributed by atoms with van der Waals surface area (Å²) in [5.74, 6) is 0.167. The van der Waals surface area contributed by atoms with E-state index in [1.54, 1.807) is 48.9 Å². The first kappa shape index (κ1) is 19.0. The van der Waals surface area contributed by atoms with Gasteiger partial charge in [0.15, 0.2) is 5.76 Å². The van der Waals surface area contributed by atoms with Crippen LogP contribution in [0.1, 0.15) is 20.8 Å². The number of hydrogen-bond donors (Lipinski definition) is 0. The van der Waals surface area contributed by atoms with E-state index in [0.717, 1.165) is 11.1 Å². The lowest BCUT2D eigenvalue weighted by molar-refractivity contribution is 0.0736. The molecule has 0 saturated heterocycles. The van der Waals surface area contributed by atoms with E-state index in [1.165, 1.54) is 11.3 Å². The maximum atomic E-state index is 13.3. The number of hydrogen-bond acceptors (Lipinski definition) is 6. The van der Waals surface area contributed by atoms with Crippen LogP contribution in [-0.4, -0.2) is 13.1 Å². The number of aryl methyl sites for hydroxylation is 2. The Hall–Kier alpha value is -3.38. The number of benzene rings is 2. The Balaban J connectivity index is 1.95. The molecule has 0 fully saturated rings. The van der Waals surface area contributed by atoms with Gasteiger partial charge in [0.1, 0.15) is 16.2 Å². The fourth-order valence-electron chi connectivity index (χ4n) is 3.24. The Morgan fingerprint density at radius 2 is 1.83 bits per heavy atom. The molecule has 0 radical (unpaired) electrons. The van der Waals surface area contributed by atoms with E-state index in [9.17, 15) is 9.59 Å². The second kappa shape index (κ2) is 7.56. The van der Waals surface area contributed by atoms with E-state index < -0.39 is 5.97 Å². The molecule has 29 heavy (non-hydrogen) atoms. The van der Waals surface area contributed by atoms with Crippen LogP contribution < -0.4 is 14.9 Å². The van der Waals surface area contributed by atoms with Gasteiger partial charge in [-0.25, -0.2) is 4.79 Å². The van der Waals surface area contributed by atoms with Crippen LogP contribution in [0.5, 0.6) is 11.5 Å². The fraction of sp³-hybridized carbons (Fsp3) is 0.130. The molecule has 0 N–H and O–H groups in total. The molecule has 0 spiro atoms. The Morgan fingerprint density at radius 3 is 2.48 bits per heavy atom. The maximum Gasteiger partial charge on any atom is 0.353 e. The molecule has 0 aliphatic carbocycles. The van der Waals surface area contributed by atoms with Gasteiger partial charge in [-0.3, -0.25) is 4.79 Å². The number of fused-ring (bicyclic) bond motifs is 1. The normalized spacial score (nSPS) is 10.9. The highest BCUT2D eigenvalue weighted by molar-refractivity contribution is 7.12. The van der Waals surface area contributed by atoms with E-state index in [4.69, 9.17) is 13.9 Å². The van der Waals surface area contributed by atoms with Gasteiger partial charge in [-0.15, -0.1) is 11.3 Å². The minimum atomic E-state index is -0.592. The number of methoxy groups -OCH3 is 1. The molecule has 0 aliphatic rings. The van der Waals surface area contributed by atoms with Gasteiger partial charge < -0.3 is 13.9 Å². The highest BCUT2D eigenvalue weighted by atomic mass is 32.1. The van der Waals surface area contributed by atoms with Crippen LogP contribution in [-0.2, 0) is 0 Å². The van der Waals surface area contributed by atoms with Crippen LogP contribution in [0.3, 0.4) is 0 Å². The third-order valence-corrected chi connectivity index (χ3v) is 5.41. The zero-order valence-electron chi connectivity index (χ0n) is 16.1. The van der Waals surface area contributed by atoms with Crippen molar-refractivity contribution in [3.63, 3.8) is 0 Å². The average Bonchev–Trinajstić information content (AvgIpc) is 3.24. The van der Waals surface area contributed by atoms with Gasteiger partial charge in [0, 0.05) is 5.56 Å². The van der Waals surface area contributed by atoms with E-state index >= 15 is 0 Å². The summed E-state index contributed by atoms with van der Waals surface area (Å²) in [5.41, 5.74) is 2.43. The minimum Gasteiger partial charge on any atom is -0.497 e. The standard InChI is InChI=1S/C23H18O5S/c1-13-11-14(2)19-17(12-13)27-21(15-6-8-16(26-3)9-7-15)22(20(19)24)28-23(25)18-5-4-10-29-18/h4-12H,1-3H3. The molecule has 4 aromatic rings. The molecule has 146 valence electrons. The average molecular weight is 406 g/mol. The number of carbonyl (C=O) groups excluding carboxylic acids is 1. The Bertz CT molecular complexity index is 1250. The van der Waals surface area contributed by atoms with Crippen molar-refractivity contribution in [3.8, 4) is 22.8 Å². The number of thiophene rings is 1. The number of rotatable bonds is 4. The predicted octanol–water partition coefficient (Wildman–Crippen LogP) is 5.37. The molecule has 6 heteroatoms. The lowest BCUT2D eigenvalue weighted by Crippen LogP contribution is -2.16. The topological polar surface area (TPSA) is 65.7 Å². The Labute approximate surface area is 171 Å². The smallest absolute Gasteiger partial charge is 0.353 e. The first-order valence-electron chi connectivity index (χ1n) is 8.96. The van der Waals surface area contributed by atoms with Crippen molar-refractivity contribution in [1.29, 1.82) is 0 Å². The van der Waals surface area contributed by atoms with Crippen LogP contribution in [0.25, 0.3) is 22.3 Å². The molecule has 0 aliphatic heterocycles. The molecule has 2 heterocycles. The summed E-state index contributed by atoms with van der Waals surface area (Å²) in [6.45, 7) is 3.77. The summed E-state index contributed by atoms with van der Waals surface area (Å²) in [5, 5.41) is 2.18. The van der Waals surface area contributed by atoms with Gasteiger partial charge in [-0.2, -0.15) is 0 Å². The van der Waals surface area contributed by atoms with E-state index in [-0.39, 0.29) is 16.9 Å². The van der Waals surface area contributed by atoms with E-state index in [0.29, 0.717) is 27.2 Å². The second-order valence-corrected chi connectivity index (χ2v) is 7.59. The highest BCUT2D eigenvalue weighted by Crippen LogP contribution is 2.33. The summed E-state index contributed by atoms with van der Waals surface area (Å²) in [4.78, 5) is 26.3. The molecule has 0 atom stereocenters. The number of carbonyl (C=O) groups is 1. The van der Waals surface area contributed by atoms with Crippen molar-refractivity contribution in [3.05, 3.63) is 80.1 Å². The van der Waals surface area contributed by atoms with Crippen molar-refractivity contribution < 1.29 is 18.7 Å². The van der Waals surface area contributed by atoms with Gasteiger partial charge >= 0.3 is 5.97 Å². The van der Waals surface area contributed by atoms with Crippen LogP contribution in [0.15, 0.2) is 63.1 Å². The van der Waals surface area contributed by atoms with Crippen LogP contribution in [0.2, 0.25) is 0 Å². The van der Waals surface area contributed by atoms with Gasteiger partial charge in [-0.1, -0.05) is 12.1 Å². The first-order chi connectivity index (χ1) is 14.0. The molecular formula is C23H18O5S. The van der Waals surface area contributed by atoms with Crippen molar-refractivity contribution in [2.75, 3.05) is 7.11 Å². The largest absolute Gasteiger partial charge is 0.497 e. The maximum absolute atomic E-state index is 13.3. The molecular weight excluding hydrogens is 388 g/mol. The van der Waals surface area contributed by atoms with Gasteiger partial charge in [0.05, 0.1) is 12.5 Å². The predicted molar refractivity (Wildman–Crippen MR) is 113 cm³/mol. The number of esters is 1. The summed E-state index contributed by atoms with van der Waals surface area (Å²) in [6, 6.07) is 14.1. The Morgan fingerprint density at radius 1 is 1.07 bits per heavy atom. The minimum absolute atomic E-state index is 0.118. The second-order valence-electron chi connectivity index (χ2n) is 6.64. The van der Waals surface area contributed by atoms with Crippen molar-refractivity contribution in [2.45, 2.75) is 13.8 Å².